The predicted molar refractivity (Wildman–Crippen MR) is 80.9 cm³/mol. The molecule has 0 aliphatic heterocycles. The third-order valence-electron chi connectivity index (χ3n) is 3.38. The molecule has 2 aromatic heterocycles. The Balaban J connectivity index is 1.65. The van der Waals surface area contributed by atoms with Crippen LogP contribution in [0.15, 0.2) is 51.8 Å². The van der Waals surface area contributed by atoms with Crippen LogP contribution >= 0.6 is 0 Å². The molecule has 0 spiro atoms. The first-order valence-corrected chi connectivity index (χ1v) is 6.56. The molecule has 0 saturated carbocycles. The van der Waals surface area contributed by atoms with Gasteiger partial charge in [0.25, 0.3) is 5.91 Å². The minimum Gasteiger partial charge on any atom is -0.408 e. The van der Waals surface area contributed by atoms with Crippen molar-refractivity contribution >= 4 is 33.6 Å². The van der Waals surface area contributed by atoms with Gasteiger partial charge in [0.15, 0.2) is 5.58 Å². The van der Waals surface area contributed by atoms with Crippen molar-refractivity contribution in [3.63, 3.8) is 0 Å². The quantitative estimate of drug-likeness (QED) is 0.527. The molecule has 0 bridgehead atoms. The fourth-order valence-electron chi connectivity index (χ4n) is 2.31. The second-order valence-corrected chi connectivity index (χ2v) is 4.85. The Labute approximate surface area is 123 Å². The van der Waals surface area contributed by atoms with Crippen LogP contribution in [0, 0.1) is 0 Å². The maximum atomic E-state index is 12.3. The van der Waals surface area contributed by atoms with Crippen LogP contribution in [0.4, 0.5) is 5.69 Å². The molecule has 0 unspecified atom stereocenters. The van der Waals surface area contributed by atoms with Gasteiger partial charge in [-0.1, -0.05) is 0 Å². The molecule has 4 aromatic rings. The minimum absolute atomic E-state index is 0.275. The molecule has 2 aromatic carbocycles. The van der Waals surface area contributed by atoms with Gasteiger partial charge in [-0.15, -0.1) is 0 Å². The van der Waals surface area contributed by atoms with E-state index in [1.165, 1.54) is 0 Å². The molecule has 0 aliphatic carbocycles. The molecule has 0 radical (unpaired) electrons. The van der Waals surface area contributed by atoms with Gasteiger partial charge in [0.05, 0.1) is 17.2 Å². The molecule has 4 rings (SSSR count). The van der Waals surface area contributed by atoms with E-state index >= 15 is 0 Å². The number of H-pyrrole nitrogens is 2. The van der Waals surface area contributed by atoms with Crippen LogP contribution in [0.2, 0.25) is 0 Å². The van der Waals surface area contributed by atoms with Crippen LogP contribution in [-0.2, 0) is 0 Å². The van der Waals surface area contributed by atoms with Gasteiger partial charge in [-0.05, 0) is 36.4 Å². The van der Waals surface area contributed by atoms with Crippen molar-refractivity contribution < 1.29 is 9.21 Å². The van der Waals surface area contributed by atoms with Crippen LogP contribution in [0.3, 0.4) is 0 Å². The number of hydrogen-bond donors (Lipinski definition) is 3. The summed E-state index contributed by atoms with van der Waals surface area (Å²) in [6.07, 6.45) is 1.71. The number of oxazole rings is 1. The Morgan fingerprint density at radius 1 is 1.14 bits per heavy atom. The normalized spacial score (nSPS) is 11.1. The zero-order valence-corrected chi connectivity index (χ0v) is 11.2. The fourth-order valence-corrected chi connectivity index (χ4v) is 2.31. The Morgan fingerprint density at radius 2 is 2.05 bits per heavy atom. The molecule has 7 nitrogen and oxygen atoms in total. The Hall–Kier alpha value is -3.35. The van der Waals surface area contributed by atoms with Crippen molar-refractivity contribution in [2.45, 2.75) is 0 Å². The maximum Gasteiger partial charge on any atom is 0.417 e. The second kappa shape index (κ2) is 4.59. The van der Waals surface area contributed by atoms with Crippen molar-refractivity contribution in [1.82, 2.24) is 15.2 Å². The molecule has 108 valence electrons. The molecule has 3 N–H and O–H groups in total. The highest BCUT2D eigenvalue weighted by molar-refractivity contribution is 6.06. The number of anilines is 1. The zero-order chi connectivity index (χ0) is 15.1. The van der Waals surface area contributed by atoms with E-state index in [1.54, 1.807) is 36.5 Å². The van der Waals surface area contributed by atoms with Crippen LogP contribution in [0.25, 0.3) is 22.0 Å². The van der Waals surface area contributed by atoms with Gasteiger partial charge in [-0.25, -0.2) is 4.79 Å². The van der Waals surface area contributed by atoms with Gasteiger partial charge in [-0.2, -0.15) is 5.10 Å². The standard InChI is InChI=1S/C15H10N4O3/c20-14(8-2-4-13-12(5-8)18-15(21)22-13)17-10-3-1-9-7-16-19-11(9)6-10/h1-7H,(H,16,19)(H,17,20)(H,18,21). The van der Waals surface area contributed by atoms with Crippen LogP contribution in [-0.4, -0.2) is 21.1 Å². The lowest BCUT2D eigenvalue weighted by Gasteiger charge is -2.05. The SMILES string of the molecule is O=C(Nc1ccc2cn[nH]c2c1)c1ccc2oc(=O)[nH]c2c1. The van der Waals surface area contributed by atoms with Crippen LogP contribution in [0.5, 0.6) is 0 Å². The van der Waals surface area contributed by atoms with E-state index in [1.807, 2.05) is 6.07 Å². The highest BCUT2D eigenvalue weighted by Crippen LogP contribution is 2.18. The summed E-state index contributed by atoms with van der Waals surface area (Å²) < 4.78 is 4.91. The predicted octanol–water partition coefficient (Wildman–Crippen LogP) is 2.25. The molecule has 1 amide bonds. The van der Waals surface area contributed by atoms with Gasteiger partial charge < -0.3 is 9.73 Å². The lowest BCUT2D eigenvalue weighted by molar-refractivity contribution is 0.102. The van der Waals surface area contributed by atoms with E-state index < -0.39 is 5.76 Å². The van der Waals surface area contributed by atoms with E-state index in [-0.39, 0.29) is 5.91 Å². The van der Waals surface area contributed by atoms with E-state index in [0.717, 1.165) is 10.9 Å². The molecule has 0 atom stereocenters. The summed E-state index contributed by atoms with van der Waals surface area (Å²) in [5.74, 6) is -0.819. The monoisotopic (exact) mass is 294 g/mol. The molecule has 0 saturated heterocycles. The summed E-state index contributed by atoms with van der Waals surface area (Å²) >= 11 is 0. The summed E-state index contributed by atoms with van der Waals surface area (Å²) in [5.41, 5.74) is 2.83. The highest BCUT2D eigenvalue weighted by atomic mass is 16.4. The average molecular weight is 294 g/mol. The Kier molecular flexibility index (Phi) is 2.59. The number of carbonyl (C=O) groups excluding carboxylic acids is 1. The van der Waals surface area contributed by atoms with Gasteiger partial charge in [0.1, 0.15) is 0 Å². The van der Waals surface area contributed by atoms with Crippen LogP contribution < -0.4 is 11.1 Å². The number of aromatic amines is 2. The summed E-state index contributed by atoms with van der Waals surface area (Å²) in [6.45, 7) is 0. The van der Waals surface area contributed by atoms with Crippen molar-refractivity contribution in [3.05, 3.63) is 58.7 Å². The van der Waals surface area contributed by atoms with Crippen molar-refractivity contribution in [1.29, 1.82) is 0 Å². The number of benzene rings is 2. The maximum absolute atomic E-state index is 12.3. The first kappa shape index (κ1) is 12.4. The van der Waals surface area contributed by atoms with E-state index in [9.17, 15) is 9.59 Å². The molecule has 0 fully saturated rings. The van der Waals surface area contributed by atoms with Gasteiger partial charge in [0, 0.05) is 16.6 Å². The molecule has 2 heterocycles. The fraction of sp³-hybridized carbons (Fsp3) is 0. The lowest BCUT2D eigenvalue weighted by Crippen LogP contribution is -2.11. The lowest BCUT2D eigenvalue weighted by atomic mass is 10.2. The third-order valence-corrected chi connectivity index (χ3v) is 3.38. The summed E-state index contributed by atoms with van der Waals surface area (Å²) in [5, 5.41) is 10.6. The van der Waals surface area contributed by atoms with Gasteiger partial charge in [0.2, 0.25) is 0 Å². The number of hydrogen-bond acceptors (Lipinski definition) is 4. The third kappa shape index (κ3) is 2.05. The molecular formula is C15H10N4O3. The number of carbonyl (C=O) groups is 1. The zero-order valence-electron chi connectivity index (χ0n) is 11.2. The van der Waals surface area contributed by atoms with Crippen molar-refractivity contribution in [2.24, 2.45) is 0 Å². The molecule has 22 heavy (non-hydrogen) atoms. The number of nitrogens with zero attached hydrogens (tertiary/aromatic N) is 1. The number of fused-ring (bicyclic) bond motifs is 2. The molecular weight excluding hydrogens is 284 g/mol. The average Bonchev–Trinajstić information content (AvgIpc) is 3.10. The first-order valence-electron chi connectivity index (χ1n) is 6.56. The number of aromatic nitrogens is 3. The van der Waals surface area contributed by atoms with E-state index in [0.29, 0.717) is 22.4 Å². The van der Waals surface area contributed by atoms with Crippen molar-refractivity contribution in [2.75, 3.05) is 5.32 Å². The van der Waals surface area contributed by atoms with Crippen LogP contribution in [0.1, 0.15) is 10.4 Å². The Morgan fingerprint density at radius 3 is 2.95 bits per heavy atom. The number of amides is 1. The Bertz CT molecular complexity index is 1060. The second-order valence-electron chi connectivity index (χ2n) is 4.85. The number of nitrogens with one attached hydrogen (secondary N) is 3. The highest BCUT2D eigenvalue weighted by Gasteiger charge is 2.09. The smallest absolute Gasteiger partial charge is 0.408 e. The molecule has 7 heteroatoms. The largest absolute Gasteiger partial charge is 0.417 e. The molecule has 0 aliphatic rings. The van der Waals surface area contributed by atoms with Gasteiger partial charge in [-0.3, -0.25) is 14.9 Å². The number of rotatable bonds is 2. The van der Waals surface area contributed by atoms with E-state index in [2.05, 4.69) is 20.5 Å². The topological polar surface area (TPSA) is 104 Å². The minimum atomic E-state index is -0.544. The van der Waals surface area contributed by atoms with E-state index in [4.69, 9.17) is 4.42 Å². The van der Waals surface area contributed by atoms with Crippen molar-refractivity contribution in [3.8, 4) is 0 Å². The summed E-state index contributed by atoms with van der Waals surface area (Å²) in [4.78, 5) is 25.9. The summed E-state index contributed by atoms with van der Waals surface area (Å²) in [7, 11) is 0. The van der Waals surface area contributed by atoms with Gasteiger partial charge >= 0.3 is 5.76 Å². The first-order chi connectivity index (χ1) is 10.7. The summed E-state index contributed by atoms with van der Waals surface area (Å²) in [6, 6.07) is 10.2.